The summed E-state index contributed by atoms with van der Waals surface area (Å²) in [7, 11) is 1.78. The van der Waals surface area contributed by atoms with Gasteiger partial charge in [0.2, 0.25) is 0 Å². The lowest BCUT2D eigenvalue weighted by molar-refractivity contribution is 0.122. The zero-order valence-electron chi connectivity index (χ0n) is 8.29. The minimum atomic E-state index is -0.131. The molecule has 2 nitrogen and oxygen atoms in total. The summed E-state index contributed by atoms with van der Waals surface area (Å²) in [5, 5.41) is 0. The molecule has 4 heteroatoms. The number of halogens is 1. The van der Waals surface area contributed by atoms with Crippen LogP contribution >= 0.6 is 0 Å². The summed E-state index contributed by atoms with van der Waals surface area (Å²) in [4.78, 5) is 2.14. The van der Waals surface area contributed by atoms with Crippen molar-refractivity contribution in [2.45, 2.75) is 0 Å². The van der Waals surface area contributed by atoms with E-state index in [1.807, 2.05) is 12.1 Å². The molecule has 1 aliphatic rings. The predicted octanol–water partition coefficient (Wildman–Crippen LogP) is -0.0793. The zero-order chi connectivity index (χ0) is 9.97. The topological polar surface area (TPSA) is 12.5 Å². The smallest absolute Gasteiger partial charge is 0.143 e. The van der Waals surface area contributed by atoms with Gasteiger partial charge in [0.1, 0.15) is 13.7 Å². The van der Waals surface area contributed by atoms with Crippen LogP contribution in [-0.2, 0) is 4.74 Å². The van der Waals surface area contributed by atoms with E-state index >= 15 is 0 Å². The van der Waals surface area contributed by atoms with Gasteiger partial charge in [-0.3, -0.25) is 0 Å². The van der Waals surface area contributed by atoms with Crippen LogP contribution in [0, 0.1) is 5.82 Å². The molecule has 1 fully saturated rings. The molecule has 0 atom stereocenters. The summed E-state index contributed by atoms with van der Waals surface area (Å²) in [6.45, 7) is 3.16. The lowest BCUT2D eigenvalue weighted by atomic mass is 9.95. The second-order valence-corrected chi connectivity index (χ2v) is 3.53. The van der Waals surface area contributed by atoms with Gasteiger partial charge in [0.15, 0.2) is 0 Å². The van der Waals surface area contributed by atoms with E-state index < -0.39 is 0 Å². The molecule has 0 N–H and O–H groups in total. The highest BCUT2D eigenvalue weighted by Crippen LogP contribution is 2.15. The molecule has 14 heavy (non-hydrogen) atoms. The van der Waals surface area contributed by atoms with Gasteiger partial charge in [0.05, 0.1) is 13.2 Å². The molecule has 0 bridgehead atoms. The third-order valence-corrected chi connectivity index (χ3v) is 2.53. The molecule has 1 heterocycles. The fourth-order valence-electron chi connectivity index (χ4n) is 1.60. The van der Waals surface area contributed by atoms with Gasteiger partial charge in [-0.25, -0.2) is 4.39 Å². The van der Waals surface area contributed by atoms with Crippen molar-refractivity contribution >= 4 is 19.0 Å². The normalized spacial score (nSPS) is 17.1. The number of nitrogens with zero attached hydrogens (tertiary/aromatic N) is 1. The number of hydrogen-bond donors (Lipinski definition) is 0. The van der Waals surface area contributed by atoms with Crippen molar-refractivity contribution in [3.05, 3.63) is 24.0 Å². The SMILES string of the molecule is Bc1ccc(N2CCOCC2)cc1F. The summed E-state index contributed by atoms with van der Waals surface area (Å²) < 4.78 is 18.5. The number of morpholine rings is 1. The molecule has 1 aromatic carbocycles. The largest absolute Gasteiger partial charge is 0.378 e. The van der Waals surface area contributed by atoms with Gasteiger partial charge in [0, 0.05) is 18.8 Å². The summed E-state index contributed by atoms with van der Waals surface area (Å²) in [6, 6.07) is 5.38. The quantitative estimate of drug-likeness (QED) is 0.578. The fraction of sp³-hybridized carbons (Fsp3) is 0.400. The maximum absolute atomic E-state index is 13.3. The molecule has 0 aliphatic carbocycles. The Hall–Kier alpha value is -1.03. The fourth-order valence-corrected chi connectivity index (χ4v) is 1.60. The van der Waals surface area contributed by atoms with Crippen molar-refractivity contribution in [1.82, 2.24) is 0 Å². The summed E-state index contributed by atoms with van der Waals surface area (Å²) in [5.74, 6) is -0.131. The van der Waals surface area contributed by atoms with Crippen molar-refractivity contribution < 1.29 is 9.13 Å². The van der Waals surface area contributed by atoms with Gasteiger partial charge >= 0.3 is 0 Å². The third kappa shape index (κ3) is 1.90. The minimum Gasteiger partial charge on any atom is -0.378 e. The monoisotopic (exact) mass is 193 g/mol. The van der Waals surface area contributed by atoms with Gasteiger partial charge < -0.3 is 9.64 Å². The number of hydrogen-bond acceptors (Lipinski definition) is 2. The van der Waals surface area contributed by atoms with Crippen LogP contribution in [0.2, 0.25) is 0 Å². The van der Waals surface area contributed by atoms with Gasteiger partial charge in [-0.2, -0.15) is 0 Å². The standard InChI is InChI=1S/C10H13BFNO/c11-9-2-1-8(7-10(9)12)13-3-5-14-6-4-13/h1-2,7H,3-6,11H2. The molecular weight excluding hydrogens is 180 g/mol. The molecular formula is C10H13BFNO. The highest BCUT2D eigenvalue weighted by atomic mass is 19.1. The zero-order valence-corrected chi connectivity index (χ0v) is 8.29. The summed E-state index contributed by atoms with van der Waals surface area (Å²) in [5.41, 5.74) is 1.65. The van der Waals surface area contributed by atoms with E-state index in [1.165, 1.54) is 0 Å². The summed E-state index contributed by atoms with van der Waals surface area (Å²) >= 11 is 0. The molecule has 1 aliphatic heterocycles. The first-order valence-corrected chi connectivity index (χ1v) is 4.86. The molecule has 0 unspecified atom stereocenters. The highest BCUT2D eigenvalue weighted by molar-refractivity contribution is 6.32. The maximum atomic E-state index is 13.3. The van der Waals surface area contributed by atoms with Gasteiger partial charge in [-0.15, -0.1) is 0 Å². The first-order valence-electron chi connectivity index (χ1n) is 4.86. The van der Waals surface area contributed by atoms with E-state index in [0.717, 1.165) is 32.0 Å². The number of rotatable bonds is 1. The molecule has 2 rings (SSSR count). The maximum Gasteiger partial charge on any atom is 0.143 e. The minimum absolute atomic E-state index is 0.131. The highest BCUT2D eigenvalue weighted by Gasteiger charge is 2.11. The van der Waals surface area contributed by atoms with Crippen LogP contribution in [0.25, 0.3) is 0 Å². The van der Waals surface area contributed by atoms with Gasteiger partial charge in [-0.1, -0.05) is 11.5 Å². The third-order valence-electron chi connectivity index (χ3n) is 2.53. The molecule has 0 aromatic heterocycles. The Balaban J connectivity index is 2.18. The van der Waals surface area contributed by atoms with Crippen molar-refractivity contribution in [2.75, 3.05) is 31.2 Å². The van der Waals surface area contributed by atoms with E-state index in [9.17, 15) is 4.39 Å². The predicted molar refractivity (Wildman–Crippen MR) is 57.6 cm³/mol. The van der Waals surface area contributed by atoms with Crippen LogP contribution in [0.3, 0.4) is 0 Å². The Morgan fingerprint density at radius 2 is 2.00 bits per heavy atom. The van der Waals surface area contributed by atoms with Crippen LogP contribution in [0.15, 0.2) is 18.2 Å². The lowest BCUT2D eigenvalue weighted by Crippen LogP contribution is -2.36. The first kappa shape index (κ1) is 9.53. The van der Waals surface area contributed by atoms with E-state index in [0.29, 0.717) is 5.46 Å². The number of anilines is 1. The van der Waals surface area contributed by atoms with E-state index in [1.54, 1.807) is 13.9 Å². The second-order valence-electron chi connectivity index (χ2n) is 3.53. The molecule has 1 saturated heterocycles. The number of benzene rings is 1. The Morgan fingerprint density at radius 1 is 1.29 bits per heavy atom. The van der Waals surface area contributed by atoms with Crippen LogP contribution in [0.4, 0.5) is 10.1 Å². The lowest BCUT2D eigenvalue weighted by Gasteiger charge is -2.28. The molecule has 0 amide bonds. The van der Waals surface area contributed by atoms with E-state index in [-0.39, 0.29) is 5.82 Å². The van der Waals surface area contributed by atoms with Gasteiger partial charge in [-0.05, 0) is 12.1 Å². The molecule has 1 aromatic rings. The van der Waals surface area contributed by atoms with Crippen LogP contribution in [0.5, 0.6) is 0 Å². The molecule has 0 radical (unpaired) electrons. The molecule has 0 spiro atoms. The van der Waals surface area contributed by atoms with E-state index in [4.69, 9.17) is 4.74 Å². The van der Waals surface area contributed by atoms with Crippen molar-refractivity contribution in [2.24, 2.45) is 0 Å². The summed E-state index contributed by atoms with van der Waals surface area (Å²) in [6.07, 6.45) is 0. The van der Waals surface area contributed by atoms with Crippen molar-refractivity contribution in [3.8, 4) is 0 Å². The van der Waals surface area contributed by atoms with Crippen LogP contribution < -0.4 is 10.4 Å². The Morgan fingerprint density at radius 3 is 2.64 bits per heavy atom. The van der Waals surface area contributed by atoms with Crippen molar-refractivity contribution in [3.63, 3.8) is 0 Å². The average molecular weight is 193 g/mol. The molecule has 74 valence electrons. The van der Waals surface area contributed by atoms with E-state index in [2.05, 4.69) is 4.90 Å². The Kier molecular flexibility index (Phi) is 2.73. The Labute approximate surface area is 84.1 Å². The van der Waals surface area contributed by atoms with Gasteiger partial charge in [0.25, 0.3) is 0 Å². The van der Waals surface area contributed by atoms with Crippen molar-refractivity contribution in [1.29, 1.82) is 0 Å². The van der Waals surface area contributed by atoms with Crippen LogP contribution in [0.1, 0.15) is 0 Å². The Bertz CT molecular complexity index is 326. The average Bonchev–Trinajstić information content (AvgIpc) is 2.23. The number of ether oxygens (including phenoxy) is 1. The van der Waals surface area contributed by atoms with Crippen LogP contribution in [-0.4, -0.2) is 34.1 Å². The second kappa shape index (κ2) is 4.01. The first-order chi connectivity index (χ1) is 6.77. The molecule has 0 saturated carbocycles.